The van der Waals surface area contributed by atoms with Crippen LogP contribution in [0.3, 0.4) is 0 Å². The maximum atomic E-state index is 14.3. The first kappa shape index (κ1) is 24.7. The standard InChI is InChI=1S/C24H28ClFO5/c1-4-5-6-7-14-29-18-9-11-19(12-10-18)30-23(27)17-8-13-21(20(26)15-17)31-24(28)22(25)16(2)3/h8-13,15-16,22H,4-7,14H2,1-3H3. The van der Waals surface area contributed by atoms with E-state index >= 15 is 0 Å². The first-order chi connectivity index (χ1) is 14.8. The van der Waals surface area contributed by atoms with Gasteiger partial charge >= 0.3 is 11.9 Å². The highest BCUT2D eigenvalue weighted by Crippen LogP contribution is 2.23. The van der Waals surface area contributed by atoms with Crippen molar-refractivity contribution in [1.29, 1.82) is 0 Å². The summed E-state index contributed by atoms with van der Waals surface area (Å²) in [5, 5.41) is -0.896. The first-order valence-electron chi connectivity index (χ1n) is 10.4. The molecule has 2 aromatic rings. The fraction of sp³-hybridized carbons (Fsp3) is 0.417. The lowest BCUT2D eigenvalue weighted by Gasteiger charge is -2.13. The number of alkyl halides is 1. The van der Waals surface area contributed by atoms with Gasteiger partial charge in [-0.05, 0) is 54.8 Å². The predicted molar refractivity (Wildman–Crippen MR) is 118 cm³/mol. The molecular formula is C24H28ClFO5. The van der Waals surface area contributed by atoms with E-state index in [1.54, 1.807) is 38.1 Å². The number of rotatable bonds is 11. The molecule has 0 heterocycles. The van der Waals surface area contributed by atoms with Gasteiger partial charge in [-0.25, -0.2) is 9.18 Å². The van der Waals surface area contributed by atoms with Crippen molar-refractivity contribution < 1.29 is 28.2 Å². The SMILES string of the molecule is CCCCCCOc1ccc(OC(=O)c2ccc(OC(=O)C(Cl)C(C)C)c(F)c2)cc1. The molecule has 5 nitrogen and oxygen atoms in total. The summed E-state index contributed by atoms with van der Waals surface area (Å²) in [5.41, 5.74) is -0.0140. The van der Waals surface area contributed by atoms with Gasteiger partial charge in [-0.2, -0.15) is 0 Å². The molecule has 7 heteroatoms. The van der Waals surface area contributed by atoms with Crippen LogP contribution in [0.4, 0.5) is 4.39 Å². The van der Waals surface area contributed by atoms with E-state index in [0.29, 0.717) is 18.1 Å². The Balaban J connectivity index is 1.92. The van der Waals surface area contributed by atoms with Crippen molar-refractivity contribution in [1.82, 2.24) is 0 Å². The molecule has 0 radical (unpaired) electrons. The minimum atomic E-state index is -0.896. The van der Waals surface area contributed by atoms with E-state index in [1.165, 1.54) is 25.0 Å². The van der Waals surface area contributed by atoms with E-state index in [2.05, 4.69) is 6.92 Å². The highest BCUT2D eigenvalue weighted by atomic mass is 35.5. The summed E-state index contributed by atoms with van der Waals surface area (Å²) in [6.07, 6.45) is 4.48. The fourth-order valence-corrected chi connectivity index (χ4v) is 2.68. The molecule has 0 fully saturated rings. The zero-order chi connectivity index (χ0) is 22.8. The Bertz CT molecular complexity index is 867. The van der Waals surface area contributed by atoms with Gasteiger partial charge in [0.2, 0.25) is 0 Å². The molecule has 0 aliphatic heterocycles. The van der Waals surface area contributed by atoms with Crippen molar-refractivity contribution in [3.05, 3.63) is 53.8 Å². The minimum absolute atomic E-state index is 0.0140. The highest BCUT2D eigenvalue weighted by molar-refractivity contribution is 6.30. The fourth-order valence-electron chi connectivity index (χ4n) is 2.64. The van der Waals surface area contributed by atoms with Gasteiger partial charge in [-0.15, -0.1) is 11.6 Å². The maximum absolute atomic E-state index is 14.3. The average Bonchev–Trinajstić information content (AvgIpc) is 2.75. The van der Waals surface area contributed by atoms with E-state index in [0.717, 1.165) is 18.9 Å². The number of hydrogen-bond acceptors (Lipinski definition) is 5. The molecule has 31 heavy (non-hydrogen) atoms. The molecule has 1 unspecified atom stereocenters. The van der Waals surface area contributed by atoms with Crippen molar-refractivity contribution in [2.24, 2.45) is 5.92 Å². The van der Waals surface area contributed by atoms with Gasteiger partial charge in [0.15, 0.2) is 11.6 Å². The zero-order valence-electron chi connectivity index (χ0n) is 18.0. The topological polar surface area (TPSA) is 61.8 Å². The van der Waals surface area contributed by atoms with Crippen molar-refractivity contribution >= 4 is 23.5 Å². The van der Waals surface area contributed by atoms with E-state index in [-0.39, 0.29) is 17.2 Å². The van der Waals surface area contributed by atoms with Gasteiger partial charge < -0.3 is 14.2 Å². The third-order valence-electron chi connectivity index (χ3n) is 4.49. The van der Waals surface area contributed by atoms with Crippen molar-refractivity contribution in [2.45, 2.75) is 51.8 Å². The third kappa shape index (κ3) is 7.87. The second kappa shape index (κ2) is 12.3. The van der Waals surface area contributed by atoms with Crippen LogP contribution in [0.25, 0.3) is 0 Å². The summed E-state index contributed by atoms with van der Waals surface area (Å²) in [4.78, 5) is 24.2. The molecular weight excluding hydrogens is 423 g/mol. The molecule has 2 aromatic carbocycles. The molecule has 0 saturated carbocycles. The number of halogens is 2. The van der Waals surface area contributed by atoms with Gasteiger partial charge in [-0.1, -0.05) is 40.0 Å². The Morgan fingerprint density at radius 1 is 0.968 bits per heavy atom. The lowest BCUT2D eigenvalue weighted by molar-refractivity contribution is -0.134. The number of ether oxygens (including phenoxy) is 3. The van der Waals surface area contributed by atoms with Crippen LogP contribution in [0.5, 0.6) is 17.2 Å². The van der Waals surface area contributed by atoms with Crippen molar-refractivity contribution in [3.8, 4) is 17.2 Å². The summed E-state index contributed by atoms with van der Waals surface area (Å²) >= 11 is 5.92. The molecule has 0 amide bonds. The number of benzene rings is 2. The smallest absolute Gasteiger partial charge is 0.343 e. The molecule has 0 N–H and O–H groups in total. The monoisotopic (exact) mass is 450 g/mol. The number of carbonyl (C=O) groups is 2. The van der Waals surface area contributed by atoms with Gasteiger partial charge in [0.25, 0.3) is 0 Å². The highest BCUT2D eigenvalue weighted by Gasteiger charge is 2.23. The molecule has 0 aliphatic carbocycles. The Hall–Kier alpha value is -2.60. The van der Waals surface area contributed by atoms with Crippen LogP contribution in [0.2, 0.25) is 0 Å². The van der Waals surface area contributed by atoms with Crippen LogP contribution in [-0.2, 0) is 4.79 Å². The lowest BCUT2D eigenvalue weighted by atomic mass is 10.1. The van der Waals surface area contributed by atoms with Crippen LogP contribution < -0.4 is 14.2 Å². The van der Waals surface area contributed by atoms with Crippen LogP contribution in [-0.4, -0.2) is 23.9 Å². The molecule has 0 aromatic heterocycles. The second-order valence-corrected chi connectivity index (χ2v) is 7.95. The second-order valence-electron chi connectivity index (χ2n) is 7.48. The Kier molecular flexibility index (Phi) is 9.79. The summed E-state index contributed by atoms with van der Waals surface area (Å²) in [6, 6.07) is 10.1. The van der Waals surface area contributed by atoms with E-state index in [4.69, 9.17) is 25.8 Å². The van der Waals surface area contributed by atoms with Gasteiger partial charge in [0.1, 0.15) is 16.9 Å². The molecule has 0 saturated heterocycles. The van der Waals surface area contributed by atoms with Crippen LogP contribution in [0, 0.1) is 11.7 Å². The maximum Gasteiger partial charge on any atom is 0.343 e. The lowest BCUT2D eigenvalue weighted by Crippen LogP contribution is -2.25. The van der Waals surface area contributed by atoms with Gasteiger partial charge in [0, 0.05) is 0 Å². The molecule has 1 atom stereocenters. The van der Waals surface area contributed by atoms with Crippen molar-refractivity contribution in [3.63, 3.8) is 0 Å². The average molecular weight is 451 g/mol. The zero-order valence-corrected chi connectivity index (χ0v) is 18.8. The third-order valence-corrected chi connectivity index (χ3v) is 5.17. The first-order valence-corrected chi connectivity index (χ1v) is 10.9. The largest absolute Gasteiger partial charge is 0.494 e. The quantitative estimate of drug-likeness (QED) is 0.177. The van der Waals surface area contributed by atoms with Gasteiger partial charge in [-0.3, -0.25) is 4.79 Å². The summed E-state index contributed by atoms with van der Waals surface area (Å²) < 4.78 is 30.2. The molecule has 2 rings (SSSR count). The van der Waals surface area contributed by atoms with E-state index in [9.17, 15) is 14.0 Å². The number of esters is 2. The Morgan fingerprint density at radius 3 is 2.26 bits per heavy atom. The molecule has 0 bridgehead atoms. The van der Waals surface area contributed by atoms with Gasteiger partial charge in [0.05, 0.1) is 12.2 Å². The Labute approximate surface area is 187 Å². The number of unbranched alkanes of at least 4 members (excludes halogenated alkanes) is 3. The van der Waals surface area contributed by atoms with Crippen molar-refractivity contribution in [2.75, 3.05) is 6.61 Å². The summed E-state index contributed by atoms with van der Waals surface area (Å²) in [5.74, 6) is -1.81. The number of carbonyl (C=O) groups excluding carboxylic acids is 2. The summed E-state index contributed by atoms with van der Waals surface area (Å²) in [7, 11) is 0. The molecule has 0 spiro atoms. The minimum Gasteiger partial charge on any atom is -0.494 e. The molecule has 0 aliphatic rings. The van der Waals surface area contributed by atoms with E-state index in [1.807, 2.05) is 0 Å². The predicted octanol–water partition coefficient (Wildman–Crippen LogP) is 6.17. The summed E-state index contributed by atoms with van der Waals surface area (Å²) in [6.45, 7) is 6.29. The molecule has 168 valence electrons. The normalized spacial score (nSPS) is 11.8. The van der Waals surface area contributed by atoms with Crippen LogP contribution in [0.15, 0.2) is 42.5 Å². The van der Waals surface area contributed by atoms with E-state index < -0.39 is 23.1 Å². The van der Waals surface area contributed by atoms with Crippen LogP contribution in [0.1, 0.15) is 56.8 Å². The van der Waals surface area contributed by atoms with Crippen LogP contribution >= 0.6 is 11.6 Å². The number of hydrogen-bond donors (Lipinski definition) is 0. The Morgan fingerprint density at radius 2 is 1.65 bits per heavy atom.